The molecule has 0 aliphatic carbocycles. The van der Waals surface area contributed by atoms with Crippen LogP contribution in [0.4, 0.5) is 18.9 Å². The van der Waals surface area contributed by atoms with Crippen molar-refractivity contribution < 1.29 is 23.1 Å². The molecule has 0 unspecified atom stereocenters. The maximum Gasteiger partial charge on any atom is 0.416 e. The van der Waals surface area contributed by atoms with Gasteiger partial charge >= 0.3 is 6.18 Å². The zero-order valence-corrected chi connectivity index (χ0v) is 11.9. The van der Waals surface area contributed by atoms with Crippen molar-refractivity contribution in [2.75, 3.05) is 5.32 Å². The maximum atomic E-state index is 12.7. The molecule has 4 nitrogen and oxygen atoms in total. The third-order valence-electron chi connectivity index (χ3n) is 2.48. The van der Waals surface area contributed by atoms with E-state index in [1.165, 1.54) is 24.4 Å². The highest BCUT2D eigenvalue weighted by molar-refractivity contribution is 9.10. The number of hydrogen-bond donors (Lipinski definition) is 2. The smallest absolute Gasteiger partial charge is 0.416 e. The first-order chi connectivity index (χ1) is 9.77. The summed E-state index contributed by atoms with van der Waals surface area (Å²) in [6, 6.07) is 5.68. The zero-order valence-electron chi connectivity index (χ0n) is 10.3. The first-order valence-corrected chi connectivity index (χ1v) is 6.40. The number of alkyl halides is 3. The van der Waals surface area contributed by atoms with Crippen molar-refractivity contribution in [3.63, 3.8) is 0 Å². The lowest BCUT2D eigenvalue weighted by atomic mass is 10.2. The minimum Gasteiger partial charge on any atom is -0.505 e. The summed E-state index contributed by atoms with van der Waals surface area (Å²) in [5.74, 6) is -1.17. The molecule has 0 bridgehead atoms. The maximum absolute atomic E-state index is 12.7. The van der Waals surface area contributed by atoms with Crippen molar-refractivity contribution in [2.45, 2.75) is 6.18 Å². The van der Waals surface area contributed by atoms with Gasteiger partial charge in [-0.1, -0.05) is 15.9 Å². The van der Waals surface area contributed by atoms with Gasteiger partial charge in [-0.25, -0.2) is 4.98 Å². The van der Waals surface area contributed by atoms with Gasteiger partial charge in [0.25, 0.3) is 5.91 Å². The van der Waals surface area contributed by atoms with Crippen molar-refractivity contribution in [3.05, 3.63) is 52.3 Å². The summed E-state index contributed by atoms with van der Waals surface area (Å²) in [7, 11) is 0. The van der Waals surface area contributed by atoms with Gasteiger partial charge in [0.15, 0.2) is 5.69 Å². The van der Waals surface area contributed by atoms with Crippen LogP contribution in [0.2, 0.25) is 0 Å². The Morgan fingerprint density at radius 3 is 2.62 bits per heavy atom. The first-order valence-electron chi connectivity index (χ1n) is 5.60. The van der Waals surface area contributed by atoms with Crippen molar-refractivity contribution >= 4 is 27.5 Å². The van der Waals surface area contributed by atoms with Crippen LogP contribution in [0.15, 0.2) is 41.0 Å². The van der Waals surface area contributed by atoms with E-state index < -0.39 is 17.6 Å². The summed E-state index contributed by atoms with van der Waals surface area (Å²) >= 11 is 2.95. The summed E-state index contributed by atoms with van der Waals surface area (Å²) in [4.78, 5) is 15.5. The molecule has 2 aromatic rings. The fourth-order valence-corrected chi connectivity index (χ4v) is 2.08. The first kappa shape index (κ1) is 15.3. The molecule has 110 valence electrons. The molecule has 0 aliphatic rings. The molecule has 21 heavy (non-hydrogen) atoms. The van der Waals surface area contributed by atoms with Crippen LogP contribution in [0.1, 0.15) is 16.1 Å². The molecule has 1 aromatic heterocycles. The third-order valence-corrected chi connectivity index (χ3v) is 2.94. The monoisotopic (exact) mass is 360 g/mol. The topological polar surface area (TPSA) is 62.2 Å². The van der Waals surface area contributed by atoms with E-state index in [9.17, 15) is 23.1 Å². The van der Waals surface area contributed by atoms with Gasteiger partial charge in [0.05, 0.1) is 5.56 Å². The molecule has 1 aromatic carbocycles. The Hall–Kier alpha value is -2.09. The summed E-state index contributed by atoms with van der Waals surface area (Å²) < 4.78 is 38.2. The van der Waals surface area contributed by atoms with Gasteiger partial charge < -0.3 is 10.4 Å². The van der Waals surface area contributed by atoms with Crippen LogP contribution in [0.25, 0.3) is 0 Å². The van der Waals surface area contributed by atoms with Crippen LogP contribution in [0, 0.1) is 0 Å². The van der Waals surface area contributed by atoms with Crippen molar-refractivity contribution in [2.24, 2.45) is 0 Å². The van der Waals surface area contributed by atoms with Crippen LogP contribution >= 0.6 is 15.9 Å². The van der Waals surface area contributed by atoms with Crippen molar-refractivity contribution in [3.8, 4) is 5.75 Å². The van der Waals surface area contributed by atoms with E-state index in [0.29, 0.717) is 0 Å². The van der Waals surface area contributed by atoms with Gasteiger partial charge in [-0.2, -0.15) is 13.2 Å². The Labute approximate surface area is 125 Å². The van der Waals surface area contributed by atoms with Crippen LogP contribution in [0.5, 0.6) is 5.75 Å². The third kappa shape index (κ3) is 3.72. The number of halogens is 4. The number of amides is 1. The Bertz CT molecular complexity index is 689. The highest BCUT2D eigenvalue weighted by Crippen LogP contribution is 2.33. The molecular weight excluding hydrogens is 353 g/mol. The number of carbonyl (C=O) groups is 1. The quantitative estimate of drug-likeness (QED) is 0.855. The SMILES string of the molecule is O=C(Nc1cc(Br)cc(C(F)(F)F)c1)c1ncccc1O. The molecule has 1 amide bonds. The highest BCUT2D eigenvalue weighted by atomic mass is 79.9. The summed E-state index contributed by atoms with van der Waals surface area (Å²) in [5, 5.41) is 11.7. The van der Waals surface area contributed by atoms with Gasteiger partial charge in [0.1, 0.15) is 5.75 Å². The molecule has 1 heterocycles. The molecule has 0 aliphatic heterocycles. The predicted octanol–water partition coefficient (Wildman–Crippen LogP) is 3.82. The zero-order chi connectivity index (χ0) is 15.6. The molecule has 0 atom stereocenters. The molecule has 0 spiro atoms. The second-order valence-electron chi connectivity index (χ2n) is 4.05. The lowest BCUT2D eigenvalue weighted by Crippen LogP contribution is -2.14. The number of anilines is 1. The fraction of sp³-hybridized carbons (Fsp3) is 0.0769. The number of nitrogens with one attached hydrogen (secondary N) is 1. The van der Waals surface area contributed by atoms with Gasteiger partial charge in [-0.3, -0.25) is 4.79 Å². The number of aromatic hydroxyl groups is 1. The second-order valence-corrected chi connectivity index (χ2v) is 4.97. The minimum atomic E-state index is -4.53. The van der Waals surface area contributed by atoms with E-state index in [1.54, 1.807) is 0 Å². The van der Waals surface area contributed by atoms with E-state index in [0.717, 1.165) is 12.1 Å². The second kappa shape index (κ2) is 5.72. The molecule has 2 N–H and O–H groups in total. The molecule has 0 fully saturated rings. The molecule has 8 heteroatoms. The standard InChI is InChI=1S/C13H8BrF3N2O2/c14-8-4-7(13(15,16)17)5-9(6-8)19-12(21)11-10(20)2-1-3-18-11/h1-6,20H,(H,19,21). The lowest BCUT2D eigenvalue weighted by Gasteiger charge is -2.11. The van der Waals surface area contributed by atoms with Gasteiger partial charge in [0, 0.05) is 16.4 Å². The Morgan fingerprint density at radius 2 is 2.00 bits per heavy atom. The van der Waals surface area contributed by atoms with Crippen LogP contribution in [-0.4, -0.2) is 16.0 Å². The number of hydrogen-bond acceptors (Lipinski definition) is 3. The van der Waals surface area contributed by atoms with E-state index >= 15 is 0 Å². The van der Waals surface area contributed by atoms with E-state index in [1.807, 2.05) is 0 Å². The average molecular weight is 361 g/mol. The fourth-order valence-electron chi connectivity index (χ4n) is 1.59. The summed E-state index contributed by atoms with van der Waals surface area (Å²) in [6.07, 6.45) is -3.24. The van der Waals surface area contributed by atoms with Crippen molar-refractivity contribution in [1.82, 2.24) is 4.98 Å². The molecule has 0 radical (unpaired) electrons. The number of rotatable bonds is 2. The van der Waals surface area contributed by atoms with Gasteiger partial charge in [0.2, 0.25) is 0 Å². The van der Waals surface area contributed by atoms with E-state index in [2.05, 4.69) is 26.2 Å². The number of carbonyl (C=O) groups excluding carboxylic acids is 1. The Kier molecular flexibility index (Phi) is 4.17. The van der Waals surface area contributed by atoms with Crippen LogP contribution in [-0.2, 0) is 6.18 Å². The van der Waals surface area contributed by atoms with Crippen LogP contribution in [0.3, 0.4) is 0 Å². The lowest BCUT2D eigenvalue weighted by molar-refractivity contribution is -0.137. The summed E-state index contributed by atoms with van der Waals surface area (Å²) in [6.45, 7) is 0. The molecule has 2 rings (SSSR count). The van der Waals surface area contributed by atoms with Gasteiger partial charge in [-0.05, 0) is 30.3 Å². The average Bonchev–Trinajstić information content (AvgIpc) is 2.37. The van der Waals surface area contributed by atoms with E-state index in [-0.39, 0.29) is 21.6 Å². The van der Waals surface area contributed by atoms with E-state index in [4.69, 9.17) is 0 Å². The number of aromatic nitrogens is 1. The number of pyridine rings is 1. The number of nitrogens with zero attached hydrogens (tertiary/aromatic N) is 1. The Balaban J connectivity index is 2.30. The minimum absolute atomic E-state index is 0.0632. The Morgan fingerprint density at radius 1 is 1.29 bits per heavy atom. The van der Waals surface area contributed by atoms with Crippen LogP contribution < -0.4 is 5.32 Å². The highest BCUT2D eigenvalue weighted by Gasteiger charge is 2.31. The normalized spacial score (nSPS) is 11.2. The van der Waals surface area contributed by atoms with Crippen molar-refractivity contribution in [1.29, 1.82) is 0 Å². The molecule has 0 saturated carbocycles. The number of benzene rings is 1. The summed E-state index contributed by atoms with van der Waals surface area (Å²) in [5.41, 5.74) is -1.24. The molecule has 0 saturated heterocycles. The van der Waals surface area contributed by atoms with Gasteiger partial charge in [-0.15, -0.1) is 0 Å². The molecular formula is C13H8BrF3N2O2. The predicted molar refractivity (Wildman–Crippen MR) is 73.0 cm³/mol. The largest absolute Gasteiger partial charge is 0.505 e.